The maximum absolute atomic E-state index is 10.7. The molecule has 0 aromatic carbocycles. The molecule has 1 N–H and O–H groups in total. The molecule has 72 valence electrons. The molecular weight excluding hydrogens is 226 g/mol. The van der Waals surface area contributed by atoms with Crippen LogP contribution >= 0.6 is 34.8 Å². The molecule has 0 aromatic heterocycles. The highest BCUT2D eigenvalue weighted by molar-refractivity contribution is 6.67. The molecule has 0 fully saturated rings. The second-order valence-electron chi connectivity index (χ2n) is 2.33. The Morgan fingerprint density at radius 2 is 2.08 bits per heavy atom. The number of hydrogen-bond acceptors (Lipinski definition) is 3. The van der Waals surface area contributed by atoms with Crippen LogP contribution in [0.4, 0.5) is 0 Å². The molecule has 0 aromatic rings. The Kier molecular flexibility index (Phi) is 5.25. The maximum atomic E-state index is 10.7. The lowest BCUT2D eigenvalue weighted by Crippen LogP contribution is -2.19. The second kappa shape index (κ2) is 5.12. The van der Waals surface area contributed by atoms with Crippen LogP contribution in [0.3, 0.4) is 0 Å². The number of halogens is 3. The lowest BCUT2D eigenvalue weighted by molar-refractivity contribution is -0.145. The summed E-state index contributed by atoms with van der Waals surface area (Å²) in [7, 11) is 0. The van der Waals surface area contributed by atoms with Crippen LogP contribution in [0.2, 0.25) is 0 Å². The molecule has 0 rings (SSSR count). The van der Waals surface area contributed by atoms with Gasteiger partial charge in [-0.1, -0.05) is 34.8 Å². The molecule has 12 heavy (non-hydrogen) atoms. The first-order valence-electron chi connectivity index (χ1n) is 3.21. The Labute approximate surface area is 85.5 Å². The molecule has 3 nitrogen and oxygen atoms in total. The molecule has 1 atom stereocenters. The van der Waals surface area contributed by atoms with Crippen molar-refractivity contribution in [2.24, 2.45) is 0 Å². The van der Waals surface area contributed by atoms with E-state index >= 15 is 0 Å². The summed E-state index contributed by atoms with van der Waals surface area (Å²) >= 11 is 15.9. The Morgan fingerprint density at radius 1 is 1.58 bits per heavy atom. The quantitative estimate of drug-likeness (QED) is 0.598. The Morgan fingerprint density at radius 3 is 2.42 bits per heavy atom. The SMILES string of the molecule is C[C@H](O)CC(=O)OCC(Cl)(Cl)Cl. The van der Waals surface area contributed by atoms with Crippen LogP contribution in [-0.4, -0.2) is 27.6 Å². The Balaban J connectivity index is 3.58. The van der Waals surface area contributed by atoms with Gasteiger partial charge in [-0.25, -0.2) is 0 Å². The Bertz CT molecular complexity index is 153. The normalized spacial score (nSPS) is 14.1. The fraction of sp³-hybridized carbons (Fsp3) is 0.833. The van der Waals surface area contributed by atoms with Crippen molar-refractivity contribution < 1.29 is 14.6 Å². The molecule has 0 saturated carbocycles. The van der Waals surface area contributed by atoms with Crippen LogP contribution in [0, 0.1) is 0 Å². The van der Waals surface area contributed by atoms with Crippen molar-refractivity contribution in [2.45, 2.75) is 23.2 Å². The molecule has 0 amide bonds. The van der Waals surface area contributed by atoms with E-state index in [9.17, 15) is 4.79 Å². The Hall–Kier alpha value is 0.300. The average Bonchev–Trinajstić information content (AvgIpc) is 1.80. The minimum absolute atomic E-state index is 0.0965. The molecule has 6 heteroatoms. The van der Waals surface area contributed by atoms with Crippen molar-refractivity contribution in [1.29, 1.82) is 0 Å². The predicted molar refractivity (Wildman–Crippen MR) is 47.5 cm³/mol. The van der Waals surface area contributed by atoms with Gasteiger partial charge in [-0.15, -0.1) is 0 Å². The highest BCUT2D eigenvalue weighted by Crippen LogP contribution is 2.25. The summed E-state index contributed by atoms with van der Waals surface area (Å²) in [5.74, 6) is -0.587. The average molecular weight is 235 g/mol. The number of carbonyl (C=O) groups is 1. The van der Waals surface area contributed by atoms with Crippen LogP contribution in [0.5, 0.6) is 0 Å². The van der Waals surface area contributed by atoms with Gasteiger partial charge in [0.25, 0.3) is 0 Å². The van der Waals surface area contributed by atoms with Gasteiger partial charge in [0.15, 0.2) is 0 Å². The van der Waals surface area contributed by atoms with E-state index in [4.69, 9.17) is 39.9 Å². The molecule has 0 aliphatic rings. The first kappa shape index (κ1) is 12.3. The van der Waals surface area contributed by atoms with Gasteiger partial charge in [0.05, 0.1) is 12.5 Å². The van der Waals surface area contributed by atoms with Crippen LogP contribution in [0.1, 0.15) is 13.3 Å². The summed E-state index contributed by atoms with van der Waals surface area (Å²) < 4.78 is 2.93. The molecule has 0 unspecified atom stereocenters. The number of hydrogen-bond donors (Lipinski definition) is 1. The van der Waals surface area contributed by atoms with Gasteiger partial charge < -0.3 is 9.84 Å². The van der Waals surface area contributed by atoms with Gasteiger partial charge in [0.2, 0.25) is 3.79 Å². The van der Waals surface area contributed by atoms with E-state index in [0.717, 1.165) is 0 Å². The van der Waals surface area contributed by atoms with Crippen molar-refractivity contribution in [1.82, 2.24) is 0 Å². The van der Waals surface area contributed by atoms with Crippen LogP contribution in [0.25, 0.3) is 0 Å². The number of aliphatic hydroxyl groups is 1. The lowest BCUT2D eigenvalue weighted by Gasteiger charge is -2.11. The number of alkyl halides is 3. The third-order valence-corrected chi connectivity index (χ3v) is 1.19. The van der Waals surface area contributed by atoms with Crippen LogP contribution in [-0.2, 0) is 9.53 Å². The van der Waals surface area contributed by atoms with E-state index in [0.29, 0.717) is 0 Å². The minimum Gasteiger partial charge on any atom is -0.461 e. The van der Waals surface area contributed by atoms with Crippen molar-refractivity contribution >= 4 is 40.8 Å². The first-order chi connectivity index (χ1) is 5.31. The molecule has 0 bridgehead atoms. The third kappa shape index (κ3) is 8.40. The standard InChI is InChI=1S/C6H9Cl3O3/c1-4(10)2-5(11)12-3-6(7,8)9/h4,10H,2-3H2,1H3/t4-/m0/s1. The van der Waals surface area contributed by atoms with Crippen molar-refractivity contribution in [3.63, 3.8) is 0 Å². The topological polar surface area (TPSA) is 46.5 Å². The molecular formula is C6H9Cl3O3. The number of rotatable bonds is 3. The number of aliphatic hydroxyl groups excluding tert-OH is 1. The van der Waals surface area contributed by atoms with Crippen LogP contribution in [0.15, 0.2) is 0 Å². The molecule has 0 aliphatic carbocycles. The maximum Gasteiger partial charge on any atom is 0.308 e. The van der Waals surface area contributed by atoms with Crippen molar-refractivity contribution in [2.75, 3.05) is 6.61 Å². The van der Waals surface area contributed by atoms with E-state index in [1.54, 1.807) is 0 Å². The lowest BCUT2D eigenvalue weighted by atomic mass is 10.3. The minimum atomic E-state index is -1.59. The van der Waals surface area contributed by atoms with Crippen LogP contribution < -0.4 is 0 Å². The fourth-order valence-electron chi connectivity index (χ4n) is 0.462. The second-order valence-corrected chi connectivity index (χ2v) is 4.85. The smallest absolute Gasteiger partial charge is 0.308 e. The fourth-order valence-corrected chi connectivity index (χ4v) is 0.626. The molecule has 0 radical (unpaired) electrons. The molecule has 0 saturated heterocycles. The number of ether oxygens (including phenoxy) is 1. The molecule has 0 spiro atoms. The van der Waals surface area contributed by atoms with E-state index in [2.05, 4.69) is 4.74 Å². The zero-order valence-corrected chi connectivity index (χ0v) is 8.66. The van der Waals surface area contributed by atoms with E-state index in [1.165, 1.54) is 6.92 Å². The van der Waals surface area contributed by atoms with E-state index in [1.807, 2.05) is 0 Å². The van der Waals surface area contributed by atoms with E-state index in [-0.39, 0.29) is 13.0 Å². The molecule has 0 heterocycles. The van der Waals surface area contributed by atoms with E-state index < -0.39 is 15.9 Å². The summed E-state index contributed by atoms with van der Waals surface area (Å²) in [5.41, 5.74) is 0. The van der Waals surface area contributed by atoms with Gasteiger partial charge in [0, 0.05) is 0 Å². The predicted octanol–water partition coefficient (Wildman–Crippen LogP) is 1.67. The summed E-state index contributed by atoms with van der Waals surface area (Å²) in [6.45, 7) is 1.17. The van der Waals surface area contributed by atoms with Crippen molar-refractivity contribution in [3.05, 3.63) is 0 Å². The number of esters is 1. The first-order valence-corrected chi connectivity index (χ1v) is 4.35. The molecule has 0 aliphatic heterocycles. The summed E-state index contributed by atoms with van der Waals surface area (Å²) in [4.78, 5) is 10.7. The highest BCUT2D eigenvalue weighted by Gasteiger charge is 2.22. The summed E-state index contributed by atoms with van der Waals surface area (Å²) in [5, 5.41) is 8.75. The largest absolute Gasteiger partial charge is 0.461 e. The third-order valence-electron chi connectivity index (χ3n) is 0.859. The highest BCUT2D eigenvalue weighted by atomic mass is 35.6. The zero-order valence-electron chi connectivity index (χ0n) is 6.39. The van der Waals surface area contributed by atoms with Gasteiger partial charge in [-0.3, -0.25) is 4.79 Å². The van der Waals surface area contributed by atoms with Gasteiger partial charge >= 0.3 is 5.97 Å². The van der Waals surface area contributed by atoms with Crippen molar-refractivity contribution in [3.8, 4) is 0 Å². The van der Waals surface area contributed by atoms with Gasteiger partial charge in [0.1, 0.15) is 6.61 Å². The van der Waals surface area contributed by atoms with Gasteiger partial charge in [-0.05, 0) is 6.92 Å². The number of carbonyl (C=O) groups excluding carboxylic acids is 1. The zero-order chi connectivity index (χ0) is 9.78. The van der Waals surface area contributed by atoms with Gasteiger partial charge in [-0.2, -0.15) is 0 Å². The monoisotopic (exact) mass is 234 g/mol. The summed E-state index contributed by atoms with van der Waals surface area (Å²) in [6, 6.07) is 0. The summed E-state index contributed by atoms with van der Waals surface area (Å²) in [6.07, 6.45) is -0.839.